The second-order valence-corrected chi connectivity index (χ2v) is 6.95. The number of hydrogen-bond acceptors (Lipinski definition) is 6. The van der Waals surface area contributed by atoms with Crippen LogP contribution in [-0.2, 0) is 0 Å². The molecule has 6 rings (SSSR count). The summed E-state index contributed by atoms with van der Waals surface area (Å²) in [7, 11) is 0. The van der Waals surface area contributed by atoms with Gasteiger partial charge in [0.25, 0.3) is 0 Å². The molecule has 0 bridgehead atoms. The summed E-state index contributed by atoms with van der Waals surface area (Å²) in [5.74, 6) is 3.40. The van der Waals surface area contributed by atoms with Crippen LogP contribution in [0, 0.1) is 0 Å². The number of imidazole rings is 2. The maximum absolute atomic E-state index is 4.76. The summed E-state index contributed by atoms with van der Waals surface area (Å²) in [4.78, 5) is 25.1. The van der Waals surface area contributed by atoms with Crippen molar-refractivity contribution in [1.29, 1.82) is 0 Å². The topological polar surface area (TPSA) is 106 Å². The first-order valence-corrected chi connectivity index (χ1v) is 9.41. The van der Waals surface area contributed by atoms with Crippen LogP contribution in [0.4, 0.5) is 0 Å². The third-order valence-electron chi connectivity index (χ3n) is 5.08. The van der Waals surface area contributed by atoms with Crippen LogP contribution in [0.25, 0.3) is 33.5 Å². The molecule has 4 N–H and O–H groups in total. The van der Waals surface area contributed by atoms with Crippen molar-refractivity contribution in [2.24, 2.45) is 9.98 Å². The van der Waals surface area contributed by atoms with Crippen molar-refractivity contribution in [2.75, 3.05) is 26.2 Å². The molecule has 4 aromatic rings. The standard InChI is InChI=1S/C20H18N8.ClH/c1-3-13-15(9-11(1)17-21-5-6-22-17)27-18(25-13)12-2-4-14-16(10-12)28-20(26-14)19-23-7-8-24-19;/h1-4,9-10H,5-8H2,(H,21,22)(H,23,24)(H,25,27)(H,26,28);1H. The maximum atomic E-state index is 4.76. The van der Waals surface area contributed by atoms with Crippen LogP contribution >= 0.6 is 12.4 Å². The van der Waals surface area contributed by atoms with Gasteiger partial charge in [0.2, 0.25) is 0 Å². The SMILES string of the molecule is Cl.c1cc2nc(-c3ccc4nc(C5=NCCN5)[nH]c4c3)[nH]c2cc1C1=NCCN1. The Morgan fingerprint density at radius 2 is 1.24 bits per heavy atom. The molecule has 2 aromatic heterocycles. The summed E-state index contributed by atoms with van der Waals surface area (Å²) < 4.78 is 0. The highest BCUT2D eigenvalue weighted by atomic mass is 35.5. The van der Waals surface area contributed by atoms with Crippen molar-refractivity contribution in [3.8, 4) is 11.4 Å². The lowest BCUT2D eigenvalue weighted by Gasteiger charge is -2.01. The van der Waals surface area contributed by atoms with Gasteiger partial charge in [0.1, 0.15) is 11.7 Å². The van der Waals surface area contributed by atoms with E-state index < -0.39 is 0 Å². The van der Waals surface area contributed by atoms with Crippen molar-refractivity contribution in [3.63, 3.8) is 0 Å². The van der Waals surface area contributed by atoms with Gasteiger partial charge in [-0.1, -0.05) is 0 Å². The van der Waals surface area contributed by atoms with Gasteiger partial charge in [-0.3, -0.25) is 9.98 Å². The number of aromatic amines is 2. The van der Waals surface area contributed by atoms with Crippen molar-refractivity contribution in [1.82, 2.24) is 30.6 Å². The molecular formula is C20H19ClN8. The Morgan fingerprint density at radius 3 is 1.93 bits per heavy atom. The monoisotopic (exact) mass is 406 g/mol. The van der Waals surface area contributed by atoms with Crippen LogP contribution in [-0.4, -0.2) is 57.8 Å². The normalized spacial score (nSPS) is 15.7. The van der Waals surface area contributed by atoms with E-state index in [1.165, 1.54) is 0 Å². The number of aliphatic imine (C=N–C) groups is 2. The number of rotatable bonds is 3. The third kappa shape index (κ3) is 3.01. The van der Waals surface area contributed by atoms with Gasteiger partial charge < -0.3 is 20.6 Å². The lowest BCUT2D eigenvalue weighted by Crippen LogP contribution is -2.20. The van der Waals surface area contributed by atoms with Crippen LogP contribution < -0.4 is 10.6 Å². The van der Waals surface area contributed by atoms with Crippen LogP contribution in [0.3, 0.4) is 0 Å². The molecule has 0 fully saturated rings. The van der Waals surface area contributed by atoms with Gasteiger partial charge in [-0.05, 0) is 36.4 Å². The molecule has 0 spiro atoms. The van der Waals surface area contributed by atoms with Crippen LogP contribution in [0.2, 0.25) is 0 Å². The van der Waals surface area contributed by atoms with E-state index in [-0.39, 0.29) is 12.4 Å². The predicted molar refractivity (Wildman–Crippen MR) is 117 cm³/mol. The van der Waals surface area contributed by atoms with Crippen molar-refractivity contribution >= 4 is 46.1 Å². The number of nitrogens with one attached hydrogen (secondary N) is 4. The van der Waals surface area contributed by atoms with Gasteiger partial charge in [-0.2, -0.15) is 0 Å². The first kappa shape index (κ1) is 17.7. The molecule has 2 aliphatic heterocycles. The number of amidine groups is 2. The lowest BCUT2D eigenvalue weighted by molar-refractivity contribution is 0.957. The van der Waals surface area contributed by atoms with Gasteiger partial charge in [0.15, 0.2) is 11.7 Å². The highest BCUT2D eigenvalue weighted by Gasteiger charge is 2.14. The zero-order chi connectivity index (χ0) is 18.5. The Balaban J connectivity index is 0.00000181. The summed E-state index contributed by atoms with van der Waals surface area (Å²) in [6.07, 6.45) is 0. The van der Waals surface area contributed by atoms with E-state index >= 15 is 0 Å². The molecule has 8 nitrogen and oxygen atoms in total. The van der Waals surface area contributed by atoms with Gasteiger partial charge in [0.05, 0.1) is 35.2 Å². The number of aromatic nitrogens is 4. The molecule has 0 saturated heterocycles. The van der Waals surface area contributed by atoms with Crippen LogP contribution in [0.5, 0.6) is 0 Å². The van der Waals surface area contributed by atoms with Gasteiger partial charge in [-0.25, -0.2) is 9.97 Å². The summed E-state index contributed by atoms with van der Waals surface area (Å²) in [6, 6.07) is 12.3. The summed E-state index contributed by atoms with van der Waals surface area (Å²) in [6.45, 7) is 3.38. The predicted octanol–water partition coefficient (Wildman–Crippen LogP) is 2.23. The Morgan fingerprint density at radius 1 is 0.655 bits per heavy atom. The molecule has 2 aromatic carbocycles. The Hall–Kier alpha value is -3.39. The largest absolute Gasteiger partial charge is 0.368 e. The number of hydrogen-bond donors (Lipinski definition) is 4. The quantitative estimate of drug-likeness (QED) is 0.418. The Kier molecular flexibility index (Phi) is 4.21. The van der Waals surface area contributed by atoms with Crippen molar-refractivity contribution in [3.05, 3.63) is 47.8 Å². The molecule has 2 aliphatic rings. The second kappa shape index (κ2) is 6.89. The highest BCUT2D eigenvalue weighted by molar-refractivity contribution is 6.02. The zero-order valence-corrected chi connectivity index (χ0v) is 16.3. The van der Waals surface area contributed by atoms with Crippen LogP contribution in [0.15, 0.2) is 46.4 Å². The number of halogens is 1. The molecule has 29 heavy (non-hydrogen) atoms. The van der Waals surface area contributed by atoms with Gasteiger partial charge in [-0.15, -0.1) is 12.4 Å². The molecule has 4 heterocycles. The molecule has 146 valence electrons. The van der Waals surface area contributed by atoms with E-state index in [0.717, 1.165) is 82.7 Å². The highest BCUT2D eigenvalue weighted by Crippen LogP contribution is 2.24. The number of fused-ring (bicyclic) bond motifs is 2. The third-order valence-corrected chi connectivity index (χ3v) is 5.08. The summed E-state index contributed by atoms with van der Waals surface area (Å²) in [5, 5.41) is 6.56. The van der Waals surface area contributed by atoms with E-state index in [1.807, 2.05) is 18.2 Å². The number of H-pyrrole nitrogens is 2. The van der Waals surface area contributed by atoms with Gasteiger partial charge >= 0.3 is 0 Å². The molecule has 0 atom stereocenters. The Labute approximate surface area is 172 Å². The summed E-state index contributed by atoms with van der Waals surface area (Å²) in [5.41, 5.74) is 5.91. The van der Waals surface area contributed by atoms with E-state index in [0.29, 0.717) is 0 Å². The van der Waals surface area contributed by atoms with E-state index in [2.05, 4.69) is 53.8 Å². The van der Waals surface area contributed by atoms with E-state index in [4.69, 9.17) is 4.98 Å². The maximum Gasteiger partial charge on any atom is 0.173 e. The average Bonchev–Trinajstić information content (AvgIpc) is 3.52. The van der Waals surface area contributed by atoms with Crippen molar-refractivity contribution in [2.45, 2.75) is 0 Å². The van der Waals surface area contributed by atoms with E-state index in [9.17, 15) is 0 Å². The molecular weight excluding hydrogens is 388 g/mol. The molecule has 0 radical (unpaired) electrons. The van der Waals surface area contributed by atoms with Gasteiger partial charge in [0, 0.05) is 24.2 Å². The first-order chi connectivity index (χ1) is 13.8. The fraction of sp³-hybridized carbons (Fsp3) is 0.200. The minimum atomic E-state index is 0. The fourth-order valence-electron chi connectivity index (χ4n) is 3.71. The molecule has 0 saturated carbocycles. The zero-order valence-electron chi connectivity index (χ0n) is 15.5. The number of nitrogens with zero attached hydrogens (tertiary/aromatic N) is 4. The number of benzene rings is 2. The molecule has 0 unspecified atom stereocenters. The minimum Gasteiger partial charge on any atom is -0.368 e. The Bertz CT molecular complexity index is 1260. The minimum absolute atomic E-state index is 0. The lowest BCUT2D eigenvalue weighted by atomic mass is 10.2. The molecule has 9 heteroatoms. The molecule has 0 amide bonds. The first-order valence-electron chi connectivity index (χ1n) is 9.41. The fourth-order valence-corrected chi connectivity index (χ4v) is 3.71. The van der Waals surface area contributed by atoms with Crippen molar-refractivity contribution < 1.29 is 0 Å². The van der Waals surface area contributed by atoms with E-state index in [1.54, 1.807) is 0 Å². The van der Waals surface area contributed by atoms with Crippen LogP contribution in [0.1, 0.15) is 11.4 Å². The second-order valence-electron chi connectivity index (χ2n) is 6.95. The average molecular weight is 407 g/mol. The smallest absolute Gasteiger partial charge is 0.173 e. The summed E-state index contributed by atoms with van der Waals surface area (Å²) >= 11 is 0. The molecule has 0 aliphatic carbocycles.